The summed E-state index contributed by atoms with van der Waals surface area (Å²) in [4.78, 5) is 11.9. The number of carbonyl (C=O) groups excluding carboxylic acids is 1. The Bertz CT molecular complexity index is 513. The van der Waals surface area contributed by atoms with E-state index in [1.165, 1.54) is 6.07 Å². The fraction of sp³-hybridized carbons (Fsp3) is 0.385. The van der Waals surface area contributed by atoms with Crippen molar-refractivity contribution in [2.75, 3.05) is 6.54 Å². The van der Waals surface area contributed by atoms with E-state index in [1.54, 1.807) is 32.9 Å². The van der Waals surface area contributed by atoms with E-state index in [-0.39, 0.29) is 17.9 Å². The van der Waals surface area contributed by atoms with Gasteiger partial charge < -0.3 is 16.3 Å². The number of benzene rings is 1. The first-order valence-electron chi connectivity index (χ1n) is 5.81. The number of amidine groups is 1. The molecule has 0 bridgehead atoms. The van der Waals surface area contributed by atoms with E-state index in [0.29, 0.717) is 5.56 Å². The zero-order chi connectivity index (χ0) is 14.6. The zero-order valence-corrected chi connectivity index (χ0v) is 11.2. The van der Waals surface area contributed by atoms with Crippen molar-refractivity contribution in [2.45, 2.75) is 20.8 Å². The third-order valence-corrected chi connectivity index (χ3v) is 2.93. The predicted molar refractivity (Wildman–Crippen MR) is 70.7 cm³/mol. The lowest BCUT2D eigenvalue weighted by Crippen LogP contribution is -2.42. The predicted octanol–water partition coefficient (Wildman–Crippen LogP) is 1.64. The first kappa shape index (κ1) is 14.9. The number of hydrogen-bond acceptors (Lipinski definition) is 3. The molecule has 104 valence electrons. The van der Waals surface area contributed by atoms with E-state index >= 15 is 0 Å². The van der Waals surface area contributed by atoms with Gasteiger partial charge in [-0.1, -0.05) is 31.1 Å². The van der Waals surface area contributed by atoms with Gasteiger partial charge in [-0.3, -0.25) is 4.79 Å². The molecule has 0 spiro atoms. The van der Waals surface area contributed by atoms with Crippen molar-refractivity contribution in [3.8, 4) is 0 Å². The zero-order valence-electron chi connectivity index (χ0n) is 11.2. The van der Waals surface area contributed by atoms with Crippen molar-refractivity contribution in [3.63, 3.8) is 0 Å². The number of nitrogens with two attached hydrogens (primary N) is 1. The molecule has 0 fully saturated rings. The fourth-order valence-corrected chi connectivity index (χ4v) is 1.45. The Labute approximate surface area is 111 Å². The molecular weight excluding hydrogens is 249 g/mol. The number of nitrogens with zero attached hydrogens (tertiary/aromatic N) is 1. The van der Waals surface area contributed by atoms with Gasteiger partial charge in [0.05, 0.1) is 5.56 Å². The first-order chi connectivity index (χ1) is 8.79. The number of amides is 1. The van der Waals surface area contributed by atoms with Crippen LogP contribution in [0.5, 0.6) is 0 Å². The largest absolute Gasteiger partial charge is 0.409 e. The molecule has 0 saturated heterocycles. The molecule has 0 atom stereocenters. The second-order valence-corrected chi connectivity index (χ2v) is 4.99. The topological polar surface area (TPSA) is 87.7 Å². The summed E-state index contributed by atoms with van der Waals surface area (Å²) in [5.74, 6) is -1.07. The summed E-state index contributed by atoms with van der Waals surface area (Å²) in [6.45, 7) is 5.13. The van der Waals surface area contributed by atoms with E-state index in [4.69, 9.17) is 10.9 Å². The monoisotopic (exact) mass is 267 g/mol. The average Bonchev–Trinajstić information content (AvgIpc) is 2.38. The maximum atomic E-state index is 13.7. The number of oxime groups is 1. The van der Waals surface area contributed by atoms with E-state index in [1.807, 2.05) is 0 Å². The van der Waals surface area contributed by atoms with Gasteiger partial charge in [0.2, 0.25) is 0 Å². The van der Waals surface area contributed by atoms with Gasteiger partial charge in [0.15, 0.2) is 0 Å². The van der Waals surface area contributed by atoms with Crippen LogP contribution in [0.15, 0.2) is 23.4 Å². The Morgan fingerprint density at radius 3 is 2.74 bits per heavy atom. The average molecular weight is 267 g/mol. The molecule has 0 heterocycles. The van der Waals surface area contributed by atoms with E-state index in [2.05, 4.69) is 10.5 Å². The van der Waals surface area contributed by atoms with Crippen LogP contribution in [-0.2, 0) is 0 Å². The molecule has 0 aliphatic rings. The molecule has 1 rings (SSSR count). The molecular formula is C13H18FN3O2. The van der Waals surface area contributed by atoms with Crippen molar-refractivity contribution >= 4 is 11.7 Å². The number of halogens is 1. The molecule has 0 saturated carbocycles. The van der Waals surface area contributed by atoms with Crippen LogP contribution in [0.1, 0.15) is 29.8 Å². The van der Waals surface area contributed by atoms with Crippen molar-refractivity contribution in [2.24, 2.45) is 16.3 Å². The lowest BCUT2D eigenvalue weighted by molar-refractivity contribution is 0.0940. The summed E-state index contributed by atoms with van der Waals surface area (Å²) in [6, 6.07) is 4.61. The molecule has 1 aromatic carbocycles. The summed E-state index contributed by atoms with van der Waals surface area (Å²) < 4.78 is 13.7. The number of nitrogens with one attached hydrogen (secondary N) is 1. The minimum absolute atomic E-state index is 0.00230. The van der Waals surface area contributed by atoms with Gasteiger partial charge in [-0.05, 0) is 18.6 Å². The molecule has 0 aromatic heterocycles. The Hall–Kier alpha value is -2.11. The van der Waals surface area contributed by atoms with Gasteiger partial charge in [-0.15, -0.1) is 0 Å². The van der Waals surface area contributed by atoms with Crippen molar-refractivity contribution < 1.29 is 14.4 Å². The normalized spacial score (nSPS) is 12.3. The highest BCUT2D eigenvalue weighted by atomic mass is 19.1. The highest BCUT2D eigenvalue weighted by Crippen LogP contribution is 2.15. The van der Waals surface area contributed by atoms with Gasteiger partial charge >= 0.3 is 0 Å². The standard InChI is InChI=1S/C13H18FN3O2/c1-8-5-4-6-9(10(8)14)11(18)16-7-13(2,3)12(15)17-19/h4-6,19H,7H2,1-3H3,(H2,15,17)(H,16,18). The highest BCUT2D eigenvalue weighted by molar-refractivity contribution is 5.95. The Morgan fingerprint density at radius 2 is 2.16 bits per heavy atom. The molecule has 1 aromatic rings. The lowest BCUT2D eigenvalue weighted by atomic mass is 9.92. The van der Waals surface area contributed by atoms with Gasteiger partial charge in [0, 0.05) is 12.0 Å². The summed E-state index contributed by atoms with van der Waals surface area (Å²) in [5.41, 5.74) is 5.17. The quantitative estimate of drug-likeness (QED) is 0.335. The number of rotatable bonds is 4. The Morgan fingerprint density at radius 1 is 1.53 bits per heavy atom. The summed E-state index contributed by atoms with van der Waals surface area (Å²) in [5, 5.41) is 14.1. The van der Waals surface area contributed by atoms with Crippen LogP contribution in [0.3, 0.4) is 0 Å². The third kappa shape index (κ3) is 3.43. The van der Waals surface area contributed by atoms with E-state index in [0.717, 1.165) is 0 Å². The van der Waals surface area contributed by atoms with Crippen LogP contribution < -0.4 is 11.1 Å². The maximum Gasteiger partial charge on any atom is 0.254 e. The van der Waals surface area contributed by atoms with Gasteiger partial charge in [0.1, 0.15) is 11.7 Å². The fourth-order valence-electron chi connectivity index (χ4n) is 1.45. The second-order valence-electron chi connectivity index (χ2n) is 4.99. The molecule has 0 radical (unpaired) electrons. The summed E-state index contributed by atoms with van der Waals surface area (Å²) >= 11 is 0. The van der Waals surface area contributed by atoms with Gasteiger partial charge in [-0.2, -0.15) is 0 Å². The SMILES string of the molecule is Cc1cccc(C(=O)NCC(C)(C)/C(N)=N/O)c1F. The third-order valence-electron chi connectivity index (χ3n) is 2.93. The molecule has 1 amide bonds. The maximum absolute atomic E-state index is 13.7. The van der Waals surface area contributed by atoms with Gasteiger partial charge in [-0.25, -0.2) is 4.39 Å². The van der Waals surface area contributed by atoms with Crippen LogP contribution in [0, 0.1) is 18.2 Å². The van der Waals surface area contributed by atoms with Crippen LogP contribution >= 0.6 is 0 Å². The van der Waals surface area contributed by atoms with E-state index < -0.39 is 17.1 Å². The molecule has 0 aliphatic carbocycles. The van der Waals surface area contributed by atoms with Crippen molar-refractivity contribution in [1.29, 1.82) is 0 Å². The Balaban J connectivity index is 2.79. The van der Waals surface area contributed by atoms with Gasteiger partial charge in [0.25, 0.3) is 5.91 Å². The van der Waals surface area contributed by atoms with Crippen LogP contribution in [-0.4, -0.2) is 23.5 Å². The second kappa shape index (κ2) is 5.69. The summed E-state index contributed by atoms with van der Waals surface area (Å²) in [6.07, 6.45) is 0. The lowest BCUT2D eigenvalue weighted by Gasteiger charge is -2.23. The molecule has 4 N–H and O–H groups in total. The Kier molecular flexibility index (Phi) is 4.47. The number of aryl methyl sites for hydroxylation is 1. The van der Waals surface area contributed by atoms with Crippen molar-refractivity contribution in [1.82, 2.24) is 5.32 Å². The minimum Gasteiger partial charge on any atom is -0.409 e. The highest BCUT2D eigenvalue weighted by Gasteiger charge is 2.25. The molecule has 19 heavy (non-hydrogen) atoms. The van der Waals surface area contributed by atoms with Crippen LogP contribution in [0.4, 0.5) is 4.39 Å². The minimum atomic E-state index is -0.718. The molecule has 0 aliphatic heterocycles. The number of hydrogen-bond donors (Lipinski definition) is 3. The van der Waals surface area contributed by atoms with Crippen molar-refractivity contribution in [3.05, 3.63) is 35.1 Å². The van der Waals surface area contributed by atoms with E-state index in [9.17, 15) is 9.18 Å². The summed E-state index contributed by atoms with van der Waals surface area (Å²) in [7, 11) is 0. The number of carbonyl (C=O) groups is 1. The van der Waals surface area contributed by atoms with Crippen LogP contribution in [0.2, 0.25) is 0 Å². The smallest absolute Gasteiger partial charge is 0.254 e. The van der Waals surface area contributed by atoms with Crippen LogP contribution in [0.25, 0.3) is 0 Å². The molecule has 5 nitrogen and oxygen atoms in total. The first-order valence-corrected chi connectivity index (χ1v) is 5.81. The molecule has 0 unspecified atom stereocenters. The molecule has 6 heteroatoms.